The lowest BCUT2D eigenvalue weighted by Crippen LogP contribution is -2.14. The molecule has 1 aliphatic rings. The molecular formula is C24H21N7O. The van der Waals surface area contributed by atoms with Crippen LogP contribution in [-0.4, -0.2) is 37.9 Å². The molecule has 1 amide bonds. The third-order valence-corrected chi connectivity index (χ3v) is 5.32. The van der Waals surface area contributed by atoms with Crippen LogP contribution in [0.4, 0.5) is 11.6 Å². The Labute approximate surface area is 185 Å². The summed E-state index contributed by atoms with van der Waals surface area (Å²) in [6.45, 7) is 0.663. The Bertz CT molecular complexity index is 1330. The first-order valence-corrected chi connectivity index (χ1v) is 10.4. The molecular weight excluding hydrogens is 402 g/mol. The monoisotopic (exact) mass is 423 g/mol. The van der Waals surface area contributed by atoms with Gasteiger partial charge in [0.2, 0.25) is 5.91 Å². The van der Waals surface area contributed by atoms with Crippen molar-refractivity contribution in [1.82, 2.24) is 25.0 Å². The van der Waals surface area contributed by atoms with Crippen molar-refractivity contribution in [3.8, 4) is 11.8 Å². The number of carbonyl (C=O) groups is 1. The molecule has 32 heavy (non-hydrogen) atoms. The van der Waals surface area contributed by atoms with Crippen LogP contribution in [0.25, 0.3) is 10.8 Å². The van der Waals surface area contributed by atoms with Gasteiger partial charge >= 0.3 is 0 Å². The van der Waals surface area contributed by atoms with Gasteiger partial charge in [0.25, 0.3) is 0 Å². The number of hydrogen-bond acceptors (Lipinski definition) is 6. The standard InChI is InChI=1S/C24H21N7O/c1-25-23-21-14-26-22(29-24(32)18-8-9-18)12-20(21)19(13-27-23)7-6-16-2-4-17(5-3-16)15-31-11-10-28-30-31/h2-5,10-14,18H,8-9,15H2,1H3,(H,25,27)(H,26,29,32). The summed E-state index contributed by atoms with van der Waals surface area (Å²) in [5.74, 6) is 7.83. The average molecular weight is 423 g/mol. The summed E-state index contributed by atoms with van der Waals surface area (Å²) in [6.07, 6.45) is 8.85. The van der Waals surface area contributed by atoms with E-state index in [0.717, 1.165) is 46.1 Å². The van der Waals surface area contributed by atoms with Gasteiger partial charge in [-0.1, -0.05) is 29.2 Å². The van der Waals surface area contributed by atoms with Gasteiger partial charge in [-0.3, -0.25) is 4.79 Å². The Balaban J connectivity index is 1.43. The number of rotatable bonds is 5. The van der Waals surface area contributed by atoms with Crippen molar-refractivity contribution in [2.24, 2.45) is 5.92 Å². The van der Waals surface area contributed by atoms with Crippen molar-refractivity contribution in [2.45, 2.75) is 19.4 Å². The van der Waals surface area contributed by atoms with Crippen LogP contribution in [0.2, 0.25) is 0 Å². The lowest BCUT2D eigenvalue weighted by Gasteiger charge is -2.09. The highest BCUT2D eigenvalue weighted by molar-refractivity contribution is 5.99. The fourth-order valence-electron chi connectivity index (χ4n) is 3.41. The molecule has 1 aliphatic carbocycles. The summed E-state index contributed by atoms with van der Waals surface area (Å²) < 4.78 is 1.77. The van der Waals surface area contributed by atoms with Crippen molar-refractivity contribution in [2.75, 3.05) is 17.7 Å². The van der Waals surface area contributed by atoms with Crippen LogP contribution >= 0.6 is 0 Å². The predicted molar refractivity (Wildman–Crippen MR) is 122 cm³/mol. The van der Waals surface area contributed by atoms with E-state index in [1.54, 1.807) is 23.3 Å². The summed E-state index contributed by atoms with van der Waals surface area (Å²) in [4.78, 5) is 21.0. The Hall–Kier alpha value is -4.25. The van der Waals surface area contributed by atoms with E-state index in [1.165, 1.54) is 0 Å². The minimum Gasteiger partial charge on any atom is -0.373 e. The topological polar surface area (TPSA) is 97.6 Å². The maximum Gasteiger partial charge on any atom is 0.228 e. The normalized spacial score (nSPS) is 12.8. The molecule has 1 saturated carbocycles. The quantitative estimate of drug-likeness (QED) is 0.479. The highest BCUT2D eigenvalue weighted by Gasteiger charge is 2.29. The van der Waals surface area contributed by atoms with Crippen LogP contribution in [0.3, 0.4) is 0 Å². The lowest BCUT2D eigenvalue weighted by atomic mass is 10.1. The Kier molecular flexibility index (Phi) is 5.22. The molecule has 8 heteroatoms. The minimum absolute atomic E-state index is 0.0263. The number of pyridine rings is 2. The van der Waals surface area contributed by atoms with E-state index in [4.69, 9.17) is 0 Å². The van der Waals surface area contributed by atoms with Gasteiger partial charge in [-0.25, -0.2) is 14.6 Å². The van der Waals surface area contributed by atoms with E-state index in [0.29, 0.717) is 12.4 Å². The molecule has 0 bridgehead atoms. The predicted octanol–water partition coefficient (Wildman–Crippen LogP) is 3.06. The van der Waals surface area contributed by atoms with Crippen LogP contribution in [0.15, 0.2) is 55.1 Å². The molecule has 0 spiro atoms. The number of amides is 1. The molecule has 4 aromatic rings. The van der Waals surface area contributed by atoms with Gasteiger partial charge in [0.05, 0.1) is 18.3 Å². The van der Waals surface area contributed by atoms with Crippen LogP contribution in [0.1, 0.15) is 29.5 Å². The second kappa shape index (κ2) is 8.47. The van der Waals surface area contributed by atoms with E-state index >= 15 is 0 Å². The van der Waals surface area contributed by atoms with Crippen molar-refractivity contribution in [1.29, 1.82) is 0 Å². The number of hydrogen-bond donors (Lipinski definition) is 2. The zero-order valence-corrected chi connectivity index (χ0v) is 17.5. The zero-order chi connectivity index (χ0) is 21.9. The smallest absolute Gasteiger partial charge is 0.228 e. The summed E-state index contributed by atoms with van der Waals surface area (Å²) in [5, 5.41) is 15.5. The largest absolute Gasteiger partial charge is 0.373 e. The summed E-state index contributed by atoms with van der Waals surface area (Å²) in [7, 11) is 1.82. The molecule has 0 aliphatic heterocycles. The fraction of sp³-hybridized carbons (Fsp3) is 0.208. The summed E-state index contributed by atoms with van der Waals surface area (Å²) in [5.41, 5.74) is 2.79. The first-order chi connectivity index (χ1) is 15.7. The van der Waals surface area contributed by atoms with Crippen molar-refractivity contribution in [3.05, 3.63) is 71.8 Å². The second-order valence-electron chi connectivity index (χ2n) is 7.70. The first-order valence-electron chi connectivity index (χ1n) is 10.4. The summed E-state index contributed by atoms with van der Waals surface area (Å²) >= 11 is 0. The van der Waals surface area contributed by atoms with Gasteiger partial charge < -0.3 is 10.6 Å². The molecule has 2 N–H and O–H groups in total. The maximum atomic E-state index is 12.1. The molecule has 0 atom stereocenters. The van der Waals surface area contributed by atoms with E-state index in [9.17, 15) is 4.79 Å². The zero-order valence-electron chi connectivity index (χ0n) is 17.5. The number of nitrogens with one attached hydrogen (secondary N) is 2. The fourth-order valence-corrected chi connectivity index (χ4v) is 3.41. The van der Waals surface area contributed by atoms with Crippen LogP contribution < -0.4 is 10.6 Å². The van der Waals surface area contributed by atoms with Crippen LogP contribution in [0, 0.1) is 17.8 Å². The van der Waals surface area contributed by atoms with E-state index < -0.39 is 0 Å². The number of anilines is 2. The molecule has 1 fully saturated rings. The molecule has 5 rings (SSSR count). The summed E-state index contributed by atoms with van der Waals surface area (Å²) in [6, 6.07) is 9.89. The number of aromatic nitrogens is 5. The van der Waals surface area contributed by atoms with Gasteiger partial charge in [0.1, 0.15) is 11.6 Å². The SMILES string of the molecule is CNc1ncc(C#Cc2ccc(Cn3ccnn3)cc2)c2cc(NC(=O)C3CC3)ncc12. The second-order valence-corrected chi connectivity index (χ2v) is 7.70. The number of carbonyl (C=O) groups excluding carboxylic acids is 1. The molecule has 1 aromatic carbocycles. The number of fused-ring (bicyclic) bond motifs is 1. The van der Waals surface area contributed by atoms with Crippen molar-refractivity contribution < 1.29 is 4.79 Å². The van der Waals surface area contributed by atoms with E-state index in [-0.39, 0.29) is 11.8 Å². The first kappa shape index (κ1) is 19.7. The highest BCUT2D eigenvalue weighted by Crippen LogP contribution is 2.31. The molecule has 158 valence electrons. The van der Waals surface area contributed by atoms with Crippen LogP contribution in [-0.2, 0) is 11.3 Å². The number of nitrogens with zero attached hydrogens (tertiary/aromatic N) is 5. The highest BCUT2D eigenvalue weighted by atomic mass is 16.2. The number of benzene rings is 1. The molecule has 0 radical (unpaired) electrons. The third-order valence-electron chi connectivity index (χ3n) is 5.32. The van der Waals surface area contributed by atoms with Gasteiger partial charge in [0.15, 0.2) is 0 Å². The van der Waals surface area contributed by atoms with Gasteiger partial charge in [0, 0.05) is 47.9 Å². The van der Waals surface area contributed by atoms with Gasteiger partial charge in [-0.05, 0) is 36.6 Å². The minimum atomic E-state index is 0.0263. The Morgan fingerprint density at radius 1 is 1.12 bits per heavy atom. The van der Waals surface area contributed by atoms with Gasteiger partial charge in [-0.15, -0.1) is 5.10 Å². The molecule has 0 saturated heterocycles. The van der Waals surface area contributed by atoms with E-state index in [2.05, 4.69) is 42.8 Å². The van der Waals surface area contributed by atoms with Gasteiger partial charge in [-0.2, -0.15) is 0 Å². The van der Waals surface area contributed by atoms with Crippen molar-refractivity contribution in [3.63, 3.8) is 0 Å². The molecule has 3 heterocycles. The molecule has 8 nitrogen and oxygen atoms in total. The molecule has 3 aromatic heterocycles. The third kappa shape index (κ3) is 4.27. The average Bonchev–Trinajstić information content (AvgIpc) is 3.55. The Morgan fingerprint density at radius 3 is 2.69 bits per heavy atom. The lowest BCUT2D eigenvalue weighted by molar-refractivity contribution is -0.117. The maximum absolute atomic E-state index is 12.1. The molecule has 0 unspecified atom stereocenters. The van der Waals surface area contributed by atoms with Crippen LogP contribution in [0.5, 0.6) is 0 Å². The van der Waals surface area contributed by atoms with E-state index in [1.807, 2.05) is 43.6 Å². The Morgan fingerprint density at radius 2 is 1.97 bits per heavy atom. The van der Waals surface area contributed by atoms with Crippen molar-refractivity contribution >= 4 is 28.3 Å².